The summed E-state index contributed by atoms with van der Waals surface area (Å²) in [4.78, 5) is 12.1. The SMILES string of the molecule is CC(CCO)CNC(=O)c1cc(Br)cn1C1CC1. The summed E-state index contributed by atoms with van der Waals surface area (Å²) in [6, 6.07) is 2.36. The zero-order valence-electron chi connectivity index (χ0n) is 10.5. The number of hydrogen-bond donors (Lipinski definition) is 2. The zero-order valence-corrected chi connectivity index (χ0v) is 12.1. The Morgan fingerprint density at radius 2 is 2.39 bits per heavy atom. The first-order valence-electron chi connectivity index (χ1n) is 6.38. The van der Waals surface area contributed by atoms with E-state index >= 15 is 0 Å². The van der Waals surface area contributed by atoms with Crippen LogP contribution >= 0.6 is 15.9 Å². The molecule has 2 N–H and O–H groups in total. The van der Waals surface area contributed by atoms with E-state index in [0.29, 0.717) is 24.9 Å². The molecule has 5 heteroatoms. The number of carbonyl (C=O) groups excluding carboxylic acids is 1. The quantitative estimate of drug-likeness (QED) is 0.846. The van der Waals surface area contributed by atoms with E-state index in [2.05, 4.69) is 25.8 Å². The molecule has 1 aromatic heterocycles. The van der Waals surface area contributed by atoms with E-state index in [4.69, 9.17) is 5.11 Å². The Bertz CT molecular complexity index is 427. The highest BCUT2D eigenvalue weighted by Crippen LogP contribution is 2.37. The molecule has 0 aromatic carbocycles. The molecule has 18 heavy (non-hydrogen) atoms. The average molecular weight is 315 g/mol. The number of carbonyl (C=O) groups is 1. The molecule has 0 radical (unpaired) electrons. The Balaban J connectivity index is 1.96. The first kappa shape index (κ1) is 13.6. The Hall–Kier alpha value is -0.810. The zero-order chi connectivity index (χ0) is 13.1. The molecule has 0 aliphatic heterocycles. The van der Waals surface area contributed by atoms with Crippen molar-refractivity contribution in [1.29, 1.82) is 0 Å². The largest absolute Gasteiger partial charge is 0.396 e. The van der Waals surface area contributed by atoms with Crippen molar-refractivity contribution in [3.8, 4) is 0 Å². The molecule has 1 amide bonds. The Morgan fingerprint density at radius 1 is 1.67 bits per heavy atom. The van der Waals surface area contributed by atoms with Gasteiger partial charge in [-0.25, -0.2) is 0 Å². The molecule has 2 rings (SSSR count). The normalized spacial score (nSPS) is 16.6. The summed E-state index contributed by atoms with van der Waals surface area (Å²) in [6.45, 7) is 2.79. The predicted octanol–water partition coefficient (Wildman–Crippen LogP) is 2.33. The van der Waals surface area contributed by atoms with E-state index in [9.17, 15) is 4.79 Å². The summed E-state index contributed by atoms with van der Waals surface area (Å²) in [5.41, 5.74) is 0.723. The lowest BCUT2D eigenvalue weighted by molar-refractivity contribution is 0.0936. The van der Waals surface area contributed by atoms with Gasteiger partial charge in [-0.3, -0.25) is 4.79 Å². The first-order valence-corrected chi connectivity index (χ1v) is 7.17. The third-order valence-corrected chi connectivity index (χ3v) is 3.65. The van der Waals surface area contributed by atoms with Crippen LogP contribution in [0.2, 0.25) is 0 Å². The number of aliphatic hydroxyl groups is 1. The van der Waals surface area contributed by atoms with Gasteiger partial charge in [0, 0.05) is 29.9 Å². The third kappa shape index (κ3) is 3.36. The minimum Gasteiger partial charge on any atom is -0.396 e. The molecular formula is C13H19BrN2O2. The minimum absolute atomic E-state index is 0.0302. The number of hydrogen-bond acceptors (Lipinski definition) is 2. The molecule has 1 fully saturated rings. The lowest BCUT2D eigenvalue weighted by atomic mass is 10.1. The minimum atomic E-state index is -0.0302. The third-order valence-electron chi connectivity index (χ3n) is 3.22. The summed E-state index contributed by atoms with van der Waals surface area (Å²) >= 11 is 3.42. The van der Waals surface area contributed by atoms with Gasteiger partial charge in [0.15, 0.2) is 0 Å². The van der Waals surface area contributed by atoms with Gasteiger partial charge >= 0.3 is 0 Å². The number of aliphatic hydroxyl groups excluding tert-OH is 1. The highest BCUT2D eigenvalue weighted by Gasteiger charge is 2.27. The fraction of sp³-hybridized carbons (Fsp3) is 0.615. The average Bonchev–Trinajstić information content (AvgIpc) is 3.10. The van der Waals surface area contributed by atoms with Crippen LogP contribution in [0.4, 0.5) is 0 Å². The van der Waals surface area contributed by atoms with Crippen molar-refractivity contribution >= 4 is 21.8 Å². The van der Waals surface area contributed by atoms with E-state index < -0.39 is 0 Å². The molecule has 1 atom stereocenters. The van der Waals surface area contributed by atoms with Crippen LogP contribution < -0.4 is 5.32 Å². The number of amides is 1. The Kier molecular flexibility index (Phi) is 4.45. The standard InChI is InChI=1S/C13H19BrN2O2/c1-9(4-5-17)7-15-13(18)12-6-10(14)8-16(12)11-2-3-11/h6,8-9,11,17H,2-5,7H2,1H3,(H,15,18). The number of nitrogens with one attached hydrogen (secondary N) is 1. The van der Waals surface area contributed by atoms with Crippen LogP contribution in [0, 0.1) is 5.92 Å². The summed E-state index contributed by atoms with van der Waals surface area (Å²) in [7, 11) is 0. The monoisotopic (exact) mass is 314 g/mol. The van der Waals surface area contributed by atoms with E-state index in [1.165, 1.54) is 0 Å². The second-order valence-electron chi connectivity index (χ2n) is 5.01. The summed E-state index contributed by atoms with van der Waals surface area (Å²) in [5, 5.41) is 11.8. The van der Waals surface area contributed by atoms with Gasteiger partial charge in [-0.1, -0.05) is 6.92 Å². The second-order valence-corrected chi connectivity index (χ2v) is 5.93. The predicted molar refractivity (Wildman–Crippen MR) is 73.6 cm³/mol. The molecular weight excluding hydrogens is 296 g/mol. The van der Waals surface area contributed by atoms with Crippen LogP contribution in [0.25, 0.3) is 0 Å². The fourth-order valence-electron chi connectivity index (χ4n) is 1.96. The molecule has 1 heterocycles. The van der Waals surface area contributed by atoms with Crippen molar-refractivity contribution in [2.45, 2.75) is 32.2 Å². The maximum atomic E-state index is 12.1. The lowest BCUT2D eigenvalue weighted by Crippen LogP contribution is -2.30. The summed E-state index contributed by atoms with van der Waals surface area (Å²) in [5.74, 6) is 0.268. The van der Waals surface area contributed by atoms with Crippen LogP contribution in [-0.2, 0) is 0 Å². The topological polar surface area (TPSA) is 54.3 Å². The number of nitrogens with zero attached hydrogens (tertiary/aromatic N) is 1. The maximum Gasteiger partial charge on any atom is 0.267 e. The van der Waals surface area contributed by atoms with Crippen LogP contribution in [0.15, 0.2) is 16.7 Å². The molecule has 100 valence electrons. The number of aromatic nitrogens is 1. The molecule has 1 aromatic rings. The van der Waals surface area contributed by atoms with Gasteiger partial charge < -0.3 is 15.0 Å². The van der Waals surface area contributed by atoms with E-state index in [-0.39, 0.29) is 12.5 Å². The molecule has 4 nitrogen and oxygen atoms in total. The van der Waals surface area contributed by atoms with E-state index in [1.54, 1.807) is 0 Å². The molecule has 1 aliphatic rings. The highest BCUT2D eigenvalue weighted by molar-refractivity contribution is 9.10. The van der Waals surface area contributed by atoms with Crippen LogP contribution in [0.5, 0.6) is 0 Å². The highest BCUT2D eigenvalue weighted by atomic mass is 79.9. The van der Waals surface area contributed by atoms with Crippen molar-refractivity contribution in [2.24, 2.45) is 5.92 Å². The number of rotatable bonds is 6. The first-order chi connectivity index (χ1) is 8.61. The molecule has 0 spiro atoms. The van der Waals surface area contributed by atoms with Gasteiger partial charge in [-0.05, 0) is 47.2 Å². The van der Waals surface area contributed by atoms with Crippen LogP contribution in [0.1, 0.15) is 42.7 Å². The number of halogens is 1. The molecule has 0 bridgehead atoms. The van der Waals surface area contributed by atoms with Gasteiger partial charge in [0.2, 0.25) is 0 Å². The Labute approximate surface area is 116 Å². The van der Waals surface area contributed by atoms with Crippen molar-refractivity contribution in [1.82, 2.24) is 9.88 Å². The molecule has 1 unspecified atom stereocenters. The summed E-state index contributed by atoms with van der Waals surface area (Å²) in [6.07, 6.45) is 5.00. The van der Waals surface area contributed by atoms with Crippen LogP contribution in [0.3, 0.4) is 0 Å². The Morgan fingerprint density at radius 3 is 3.00 bits per heavy atom. The van der Waals surface area contributed by atoms with Gasteiger partial charge in [0.25, 0.3) is 5.91 Å². The molecule has 1 aliphatic carbocycles. The van der Waals surface area contributed by atoms with E-state index in [1.807, 2.05) is 19.2 Å². The van der Waals surface area contributed by atoms with Gasteiger partial charge in [-0.15, -0.1) is 0 Å². The van der Waals surface area contributed by atoms with Crippen molar-refractivity contribution < 1.29 is 9.90 Å². The maximum absolute atomic E-state index is 12.1. The van der Waals surface area contributed by atoms with Crippen molar-refractivity contribution in [2.75, 3.05) is 13.2 Å². The summed E-state index contributed by atoms with van der Waals surface area (Å²) < 4.78 is 3.00. The molecule has 1 saturated carbocycles. The van der Waals surface area contributed by atoms with Crippen LogP contribution in [-0.4, -0.2) is 28.7 Å². The van der Waals surface area contributed by atoms with Gasteiger partial charge in [0.1, 0.15) is 5.69 Å². The smallest absolute Gasteiger partial charge is 0.267 e. The van der Waals surface area contributed by atoms with E-state index in [0.717, 1.165) is 23.0 Å². The lowest BCUT2D eigenvalue weighted by Gasteiger charge is -2.12. The molecule has 0 saturated heterocycles. The van der Waals surface area contributed by atoms with Gasteiger partial charge in [-0.2, -0.15) is 0 Å². The van der Waals surface area contributed by atoms with Gasteiger partial charge in [0.05, 0.1) is 0 Å². The van der Waals surface area contributed by atoms with Crippen molar-refractivity contribution in [3.63, 3.8) is 0 Å². The second kappa shape index (κ2) is 5.89. The van der Waals surface area contributed by atoms with Crippen molar-refractivity contribution in [3.05, 3.63) is 22.4 Å². The fourth-order valence-corrected chi connectivity index (χ4v) is 2.40.